The van der Waals surface area contributed by atoms with Gasteiger partial charge in [0.25, 0.3) is 5.56 Å². The van der Waals surface area contributed by atoms with Crippen molar-refractivity contribution < 1.29 is 9.47 Å². The van der Waals surface area contributed by atoms with E-state index < -0.39 is 0 Å². The molecule has 2 aromatic heterocycles. The summed E-state index contributed by atoms with van der Waals surface area (Å²) in [6.45, 7) is 2.26. The van der Waals surface area contributed by atoms with Crippen molar-refractivity contribution in [1.29, 1.82) is 0 Å². The molecule has 0 spiro atoms. The highest BCUT2D eigenvalue weighted by Crippen LogP contribution is 2.40. The highest BCUT2D eigenvalue weighted by Gasteiger charge is 2.23. The van der Waals surface area contributed by atoms with Crippen LogP contribution in [0.1, 0.15) is 23.8 Å². The van der Waals surface area contributed by atoms with E-state index in [4.69, 9.17) is 14.5 Å². The normalized spacial score (nSPS) is 16.5. The van der Waals surface area contributed by atoms with E-state index in [1.54, 1.807) is 25.6 Å². The SMILES string of the molecule is COc1cc(-c2nc3sc4c(c3c(=O)[nH]2)CCC(C)C4)cc(Br)c1OC. The fourth-order valence-electron chi connectivity index (χ4n) is 3.54. The molecule has 7 heteroatoms. The van der Waals surface area contributed by atoms with E-state index in [0.29, 0.717) is 23.2 Å². The van der Waals surface area contributed by atoms with Gasteiger partial charge in [-0.1, -0.05) is 6.92 Å². The molecule has 0 radical (unpaired) electrons. The first-order chi connectivity index (χ1) is 12.5. The number of hydrogen-bond donors (Lipinski definition) is 1. The highest BCUT2D eigenvalue weighted by atomic mass is 79.9. The average molecular weight is 435 g/mol. The number of halogens is 1. The molecule has 0 amide bonds. The lowest BCUT2D eigenvalue weighted by Gasteiger charge is -2.17. The van der Waals surface area contributed by atoms with Crippen LogP contribution in [0.3, 0.4) is 0 Å². The number of aryl methyl sites for hydroxylation is 1. The molecule has 0 bridgehead atoms. The number of nitrogens with zero attached hydrogens (tertiary/aromatic N) is 1. The Hall–Kier alpha value is -1.86. The second-order valence-corrected chi connectivity index (χ2v) is 8.58. The minimum atomic E-state index is -0.0667. The summed E-state index contributed by atoms with van der Waals surface area (Å²) in [4.78, 5) is 22.6. The zero-order chi connectivity index (χ0) is 18.4. The monoisotopic (exact) mass is 434 g/mol. The van der Waals surface area contributed by atoms with E-state index in [1.807, 2.05) is 12.1 Å². The van der Waals surface area contributed by atoms with E-state index in [0.717, 1.165) is 39.5 Å². The summed E-state index contributed by atoms with van der Waals surface area (Å²) in [5.74, 6) is 2.39. The molecule has 4 rings (SSSR count). The van der Waals surface area contributed by atoms with Crippen LogP contribution >= 0.6 is 27.3 Å². The van der Waals surface area contributed by atoms with Crippen LogP contribution in [0, 0.1) is 5.92 Å². The van der Waals surface area contributed by atoms with E-state index in [-0.39, 0.29) is 5.56 Å². The number of hydrogen-bond acceptors (Lipinski definition) is 5. The fourth-order valence-corrected chi connectivity index (χ4v) is 5.53. The van der Waals surface area contributed by atoms with Crippen LogP contribution in [0.5, 0.6) is 11.5 Å². The number of methoxy groups -OCH3 is 2. The fraction of sp³-hybridized carbons (Fsp3) is 0.368. The smallest absolute Gasteiger partial charge is 0.260 e. The number of thiophene rings is 1. The van der Waals surface area contributed by atoms with Crippen LogP contribution in [-0.4, -0.2) is 24.2 Å². The molecule has 26 heavy (non-hydrogen) atoms. The summed E-state index contributed by atoms with van der Waals surface area (Å²) in [6.07, 6.45) is 3.12. The van der Waals surface area contributed by atoms with Gasteiger partial charge in [0.15, 0.2) is 11.5 Å². The largest absolute Gasteiger partial charge is 0.493 e. The van der Waals surface area contributed by atoms with Gasteiger partial charge in [-0.3, -0.25) is 4.79 Å². The third-order valence-corrected chi connectivity index (χ3v) is 6.61. The standard InChI is InChI=1S/C19H19BrN2O3S/c1-9-4-5-11-14(6-9)26-19-15(11)18(23)21-17(22-19)10-7-12(20)16(25-3)13(8-10)24-2/h7-9H,4-6H2,1-3H3,(H,21,22,23). The van der Waals surface area contributed by atoms with Crippen molar-refractivity contribution in [2.45, 2.75) is 26.2 Å². The number of fused-ring (bicyclic) bond motifs is 3. The van der Waals surface area contributed by atoms with Crippen LogP contribution < -0.4 is 15.0 Å². The summed E-state index contributed by atoms with van der Waals surface area (Å²) in [5.41, 5.74) is 1.90. The third kappa shape index (κ3) is 2.83. The summed E-state index contributed by atoms with van der Waals surface area (Å²) in [6, 6.07) is 3.70. The molecular formula is C19H19BrN2O3S. The molecule has 1 atom stereocenters. The van der Waals surface area contributed by atoms with Crippen molar-refractivity contribution in [3.05, 3.63) is 37.4 Å². The molecule has 1 N–H and O–H groups in total. The maximum atomic E-state index is 12.8. The molecule has 1 unspecified atom stereocenters. The number of rotatable bonds is 3. The van der Waals surface area contributed by atoms with E-state index in [2.05, 4.69) is 27.8 Å². The Balaban J connectivity index is 1.89. The Bertz CT molecular complexity index is 1060. The lowest BCUT2D eigenvalue weighted by molar-refractivity contribution is 0.353. The van der Waals surface area contributed by atoms with Gasteiger partial charge in [-0.25, -0.2) is 4.98 Å². The van der Waals surface area contributed by atoms with Crippen LogP contribution in [0.15, 0.2) is 21.4 Å². The summed E-state index contributed by atoms with van der Waals surface area (Å²) < 4.78 is 11.5. The van der Waals surface area contributed by atoms with Gasteiger partial charge in [0.2, 0.25) is 0 Å². The molecule has 0 aliphatic heterocycles. The number of H-pyrrole nitrogens is 1. The van der Waals surface area contributed by atoms with Crippen LogP contribution in [0.25, 0.3) is 21.6 Å². The first kappa shape index (κ1) is 17.5. The Morgan fingerprint density at radius 3 is 2.85 bits per heavy atom. The topological polar surface area (TPSA) is 64.2 Å². The Morgan fingerprint density at radius 2 is 2.12 bits per heavy atom. The predicted octanol–water partition coefficient (Wildman–Crippen LogP) is 4.56. The van der Waals surface area contributed by atoms with Crippen molar-refractivity contribution in [3.63, 3.8) is 0 Å². The minimum absolute atomic E-state index is 0.0667. The minimum Gasteiger partial charge on any atom is -0.493 e. The molecule has 5 nitrogen and oxygen atoms in total. The van der Waals surface area contributed by atoms with Crippen LogP contribution in [0.2, 0.25) is 0 Å². The average Bonchev–Trinajstić information content (AvgIpc) is 2.98. The van der Waals surface area contributed by atoms with Gasteiger partial charge in [-0.05, 0) is 58.8 Å². The van der Waals surface area contributed by atoms with E-state index >= 15 is 0 Å². The van der Waals surface area contributed by atoms with E-state index in [1.165, 1.54) is 10.4 Å². The first-order valence-corrected chi connectivity index (χ1v) is 10.1. The Labute approximate surface area is 163 Å². The van der Waals surface area contributed by atoms with Gasteiger partial charge in [0, 0.05) is 10.4 Å². The molecule has 1 aliphatic carbocycles. The molecule has 0 saturated carbocycles. The Kier molecular flexibility index (Phi) is 4.52. The van der Waals surface area contributed by atoms with Crippen LogP contribution in [-0.2, 0) is 12.8 Å². The molecular weight excluding hydrogens is 416 g/mol. The second-order valence-electron chi connectivity index (χ2n) is 6.64. The van der Waals surface area contributed by atoms with Gasteiger partial charge in [-0.15, -0.1) is 11.3 Å². The summed E-state index contributed by atoms with van der Waals surface area (Å²) in [5, 5.41) is 0.764. The lowest BCUT2D eigenvalue weighted by atomic mass is 9.89. The van der Waals surface area contributed by atoms with Crippen molar-refractivity contribution >= 4 is 37.5 Å². The molecule has 3 aromatic rings. The quantitative estimate of drug-likeness (QED) is 0.656. The van der Waals surface area contributed by atoms with Gasteiger partial charge >= 0.3 is 0 Å². The highest BCUT2D eigenvalue weighted by molar-refractivity contribution is 9.10. The zero-order valence-corrected chi connectivity index (χ0v) is 17.2. The van der Waals surface area contributed by atoms with Gasteiger partial charge in [0.1, 0.15) is 10.7 Å². The van der Waals surface area contributed by atoms with Crippen molar-refractivity contribution in [3.8, 4) is 22.9 Å². The number of nitrogens with one attached hydrogen (secondary N) is 1. The number of ether oxygens (including phenoxy) is 2. The molecule has 1 aromatic carbocycles. The molecule has 0 saturated heterocycles. The van der Waals surface area contributed by atoms with Crippen molar-refractivity contribution in [2.24, 2.45) is 5.92 Å². The first-order valence-electron chi connectivity index (χ1n) is 8.48. The second kappa shape index (κ2) is 6.70. The molecule has 1 aliphatic rings. The zero-order valence-electron chi connectivity index (χ0n) is 14.8. The number of aromatic nitrogens is 2. The van der Waals surface area contributed by atoms with Gasteiger partial charge < -0.3 is 14.5 Å². The Morgan fingerprint density at radius 1 is 1.31 bits per heavy atom. The molecule has 136 valence electrons. The van der Waals surface area contributed by atoms with Crippen molar-refractivity contribution in [2.75, 3.05) is 14.2 Å². The maximum Gasteiger partial charge on any atom is 0.260 e. The lowest BCUT2D eigenvalue weighted by Crippen LogP contribution is -2.13. The van der Waals surface area contributed by atoms with Crippen molar-refractivity contribution in [1.82, 2.24) is 9.97 Å². The predicted molar refractivity (Wildman–Crippen MR) is 108 cm³/mol. The van der Waals surface area contributed by atoms with E-state index in [9.17, 15) is 4.79 Å². The summed E-state index contributed by atoms with van der Waals surface area (Å²) in [7, 11) is 3.17. The van der Waals surface area contributed by atoms with Crippen LogP contribution in [0.4, 0.5) is 0 Å². The molecule has 2 heterocycles. The number of aromatic amines is 1. The van der Waals surface area contributed by atoms with Gasteiger partial charge in [-0.2, -0.15) is 0 Å². The third-order valence-electron chi connectivity index (χ3n) is 4.87. The number of benzene rings is 1. The van der Waals surface area contributed by atoms with Gasteiger partial charge in [0.05, 0.1) is 24.1 Å². The maximum absolute atomic E-state index is 12.8. The molecule has 0 fully saturated rings. The summed E-state index contributed by atoms with van der Waals surface area (Å²) >= 11 is 5.14.